The molecule has 2 aromatic heterocycles. The second-order valence-corrected chi connectivity index (χ2v) is 5.74. The lowest BCUT2D eigenvalue weighted by Gasteiger charge is -2.25. The van der Waals surface area contributed by atoms with E-state index in [4.69, 9.17) is 14.9 Å². The zero-order chi connectivity index (χ0) is 14.9. The first-order valence-corrected chi connectivity index (χ1v) is 7.52. The van der Waals surface area contributed by atoms with Crippen LogP contribution in [0, 0.1) is 5.92 Å². The molecule has 5 nitrogen and oxygen atoms in total. The van der Waals surface area contributed by atoms with Gasteiger partial charge in [0.2, 0.25) is 11.8 Å². The van der Waals surface area contributed by atoms with Crippen molar-refractivity contribution < 1.29 is 9.15 Å². The minimum absolute atomic E-state index is 0.243. The number of rotatable bonds is 4. The lowest BCUT2D eigenvalue weighted by Crippen LogP contribution is -2.19. The predicted octanol–water partition coefficient (Wildman–Crippen LogP) is 3.65. The zero-order valence-corrected chi connectivity index (χ0v) is 12.2. The molecule has 5 heteroatoms. The fourth-order valence-corrected chi connectivity index (χ4v) is 2.69. The van der Waals surface area contributed by atoms with Crippen LogP contribution < -0.4 is 10.5 Å². The summed E-state index contributed by atoms with van der Waals surface area (Å²) in [6.07, 6.45) is 7.14. The van der Waals surface area contributed by atoms with Gasteiger partial charge in [0.25, 0.3) is 0 Å². The summed E-state index contributed by atoms with van der Waals surface area (Å²) in [6.45, 7) is 0.696. The van der Waals surface area contributed by atoms with Crippen molar-refractivity contribution in [1.82, 2.24) is 9.97 Å². The molecule has 0 unspecified atom stereocenters. The zero-order valence-electron chi connectivity index (χ0n) is 12.2. The highest BCUT2D eigenvalue weighted by Gasteiger charge is 2.19. The summed E-state index contributed by atoms with van der Waals surface area (Å²) in [6, 6.07) is 7.88. The van der Waals surface area contributed by atoms with Crippen molar-refractivity contribution in [1.29, 1.82) is 0 Å². The van der Waals surface area contributed by atoms with E-state index < -0.39 is 0 Å². The third-order valence-corrected chi connectivity index (χ3v) is 4.21. The Morgan fingerprint density at radius 2 is 2.09 bits per heavy atom. The Labute approximate surface area is 128 Å². The van der Waals surface area contributed by atoms with E-state index in [2.05, 4.69) is 9.97 Å². The minimum Gasteiger partial charge on any atom is -0.477 e. The van der Waals surface area contributed by atoms with Crippen LogP contribution in [0.2, 0.25) is 0 Å². The quantitative estimate of drug-likeness (QED) is 0.795. The van der Waals surface area contributed by atoms with Crippen LogP contribution in [0.4, 0.5) is 5.95 Å². The van der Waals surface area contributed by atoms with E-state index in [9.17, 15) is 0 Å². The van der Waals surface area contributed by atoms with E-state index >= 15 is 0 Å². The molecule has 2 heterocycles. The summed E-state index contributed by atoms with van der Waals surface area (Å²) in [7, 11) is 0. The summed E-state index contributed by atoms with van der Waals surface area (Å²) in [5.74, 6) is 1.45. The summed E-state index contributed by atoms with van der Waals surface area (Å²) in [5, 5.41) is 0.882. The van der Waals surface area contributed by atoms with Crippen LogP contribution in [0.1, 0.15) is 19.3 Å². The minimum atomic E-state index is 0.243. The Balaban J connectivity index is 1.73. The van der Waals surface area contributed by atoms with Gasteiger partial charge in [-0.15, -0.1) is 0 Å². The molecular weight excluding hydrogens is 278 g/mol. The van der Waals surface area contributed by atoms with Crippen molar-refractivity contribution in [2.45, 2.75) is 19.3 Å². The molecule has 22 heavy (non-hydrogen) atoms. The lowest BCUT2D eigenvalue weighted by molar-refractivity contribution is 0.177. The van der Waals surface area contributed by atoms with Crippen molar-refractivity contribution in [2.24, 2.45) is 5.92 Å². The van der Waals surface area contributed by atoms with Gasteiger partial charge in [-0.2, -0.15) is 4.98 Å². The normalized spacial score (nSPS) is 14.9. The molecule has 0 radical (unpaired) electrons. The van der Waals surface area contributed by atoms with Crippen LogP contribution in [-0.4, -0.2) is 16.6 Å². The van der Waals surface area contributed by atoms with Gasteiger partial charge >= 0.3 is 0 Å². The number of nitrogens with two attached hydrogens (primary N) is 1. The summed E-state index contributed by atoms with van der Waals surface area (Å²) < 4.78 is 11.1. The third-order valence-electron chi connectivity index (χ3n) is 4.21. The number of benzene rings is 1. The number of nitrogen functional groups attached to an aromatic ring is 1. The maximum absolute atomic E-state index is 5.92. The van der Waals surface area contributed by atoms with E-state index in [-0.39, 0.29) is 5.95 Å². The summed E-state index contributed by atoms with van der Waals surface area (Å²) in [5.41, 5.74) is 8.65. The number of furan rings is 1. The van der Waals surface area contributed by atoms with Gasteiger partial charge in [-0.1, -0.05) is 12.5 Å². The Bertz CT molecular complexity index is 795. The van der Waals surface area contributed by atoms with Crippen molar-refractivity contribution in [3.63, 3.8) is 0 Å². The SMILES string of the molecule is Nc1nc(OCC2CCC2)c2cc(-c3ccoc3)ccc2n1. The number of aromatic nitrogens is 2. The van der Waals surface area contributed by atoms with Crippen molar-refractivity contribution in [3.05, 3.63) is 36.8 Å². The molecular formula is C17H17N3O2. The highest BCUT2D eigenvalue weighted by molar-refractivity contribution is 5.88. The maximum atomic E-state index is 5.92. The van der Waals surface area contributed by atoms with Crippen molar-refractivity contribution in [2.75, 3.05) is 12.3 Å². The first kappa shape index (κ1) is 13.1. The van der Waals surface area contributed by atoms with Crippen LogP contribution in [0.5, 0.6) is 5.88 Å². The molecule has 1 aliphatic carbocycles. The van der Waals surface area contributed by atoms with E-state index in [0.717, 1.165) is 22.0 Å². The molecule has 0 saturated heterocycles. The molecule has 1 saturated carbocycles. The van der Waals surface area contributed by atoms with Gasteiger partial charge in [0.05, 0.1) is 30.0 Å². The first-order chi connectivity index (χ1) is 10.8. The molecule has 0 bridgehead atoms. The monoisotopic (exact) mass is 295 g/mol. The molecule has 112 valence electrons. The van der Waals surface area contributed by atoms with Crippen LogP contribution in [0.3, 0.4) is 0 Å². The van der Waals surface area contributed by atoms with Gasteiger partial charge in [-0.25, -0.2) is 4.98 Å². The van der Waals surface area contributed by atoms with Gasteiger partial charge in [0.15, 0.2) is 0 Å². The van der Waals surface area contributed by atoms with Crippen LogP contribution in [0.25, 0.3) is 22.0 Å². The Hall–Kier alpha value is -2.56. The molecule has 4 rings (SSSR count). The standard InChI is InChI=1S/C17H17N3O2/c18-17-19-15-5-4-12(13-6-7-21-10-13)8-14(15)16(20-17)22-9-11-2-1-3-11/h4-8,10-11H,1-3,9H2,(H2,18,19,20). The fraction of sp³-hybridized carbons (Fsp3) is 0.294. The predicted molar refractivity (Wildman–Crippen MR) is 84.5 cm³/mol. The third kappa shape index (κ3) is 2.39. The Morgan fingerprint density at radius 1 is 1.18 bits per heavy atom. The number of hydrogen-bond donors (Lipinski definition) is 1. The molecule has 2 N–H and O–H groups in total. The fourth-order valence-electron chi connectivity index (χ4n) is 2.69. The molecule has 0 atom stereocenters. The Kier molecular flexibility index (Phi) is 3.18. The molecule has 3 aromatic rings. The van der Waals surface area contributed by atoms with E-state index in [1.54, 1.807) is 12.5 Å². The first-order valence-electron chi connectivity index (χ1n) is 7.52. The smallest absolute Gasteiger partial charge is 0.226 e. The Morgan fingerprint density at radius 3 is 2.82 bits per heavy atom. The molecule has 1 aromatic carbocycles. The van der Waals surface area contributed by atoms with Gasteiger partial charge in [0, 0.05) is 5.56 Å². The number of fused-ring (bicyclic) bond motifs is 1. The summed E-state index contributed by atoms with van der Waals surface area (Å²) >= 11 is 0. The largest absolute Gasteiger partial charge is 0.477 e. The van der Waals surface area contributed by atoms with Crippen LogP contribution >= 0.6 is 0 Å². The number of anilines is 1. The average Bonchev–Trinajstić information content (AvgIpc) is 2.99. The van der Waals surface area contributed by atoms with Gasteiger partial charge in [-0.3, -0.25) is 0 Å². The highest BCUT2D eigenvalue weighted by atomic mass is 16.5. The summed E-state index contributed by atoms with van der Waals surface area (Å²) in [4.78, 5) is 8.56. The van der Waals surface area contributed by atoms with E-state index in [0.29, 0.717) is 18.4 Å². The van der Waals surface area contributed by atoms with Gasteiger partial charge in [0.1, 0.15) is 0 Å². The lowest BCUT2D eigenvalue weighted by atomic mass is 9.86. The number of hydrogen-bond acceptors (Lipinski definition) is 5. The molecule has 1 fully saturated rings. The van der Waals surface area contributed by atoms with Gasteiger partial charge in [-0.05, 0) is 42.5 Å². The van der Waals surface area contributed by atoms with E-state index in [1.807, 2.05) is 24.3 Å². The van der Waals surface area contributed by atoms with Crippen LogP contribution in [0.15, 0.2) is 41.2 Å². The molecule has 0 spiro atoms. The molecule has 0 aliphatic heterocycles. The average molecular weight is 295 g/mol. The van der Waals surface area contributed by atoms with Crippen molar-refractivity contribution in [3.8, 4) is 17.0 Å². The second kappa shape index (κ2) is 5.33. The molecule has 1 aliphatic rings. The number of ether oxygens (including phenoxy) is 1. The van der Waals surface area contributed by atoms with Gasteiger partial charge < -0.3 is 14.9 Å². The second-order valence-electron chi connectivity index (χ2n) is 5.74. The van der Waals surface area contributed by atoms with Crippen molar-refractivity contribution >= 4 is 16.9 Å². The number of nitrogens with zero attached hydrogens (tertiary/aromatic N) is 2. The molecule has 0 amide bonds. The van der Waals surface area contributed by atoms with Crippen LogP contribution in [-0.2, 0) is 0 Å². The van der Waals surface area contributed by atoms with E-state index in [1.165, 1.54) is 19.3 Å². The highest BCUT2D eigenvalue weighted by Crippen LogP contribution is 2.31. The topological polar surface area (TPSA) is 74.2 Å². The maximum Gasteiger partial charge on any atom is 0.226 e.